The Labute approximate surface area is 179 Å². The van der Waals surface area contributed by atoms with Gasteiger partial charge in [0.15, 0.2) is 10.9 Å². The quantitative estimate of drug-likeness (QED) is 0.342. The Morgan fingerprint density at radius 2 is 1.77 bits per heavy atom. The lowest BCUT2D eigenvalue weighted by atomic mass is 10.1. The van der Waals surface area contributed by atoms with Crippen molar-refractivity contribution in [3.05, 3.63) is 87.3 Å². The maximum absolute atomic E-state index is 12.6. The molecule has 0 aliphatic rings. The molecule has 1 amide bonds. The van der Waals surface area contributed by atoms with Crippen LogP contribution in [0, 0.1) is 6.92 Å². The summed E-state index contributed by atoms with van der Waals surface area (Å²) in [7, 11) is 0. The minimum absolute atomic E-state index is 0.0297. The van der Waals surface area contributed by atoms with E-state index in [1.807, 2.05) is 30.3 Å². The summed E-state index contributed by atoms with van der Waals surface area (Å²) in [5.41, 5.74) is 3.31. The molecule has 0 saturated heterocycles. The molecule has 0 saturated carbocycles. The highest BCUT2D eigenvalue weighted by molar-refractivity contribution is 8.00. The summed E-state index contributed by atoms with van der Waals surface area (Å²) in [4.78, 5) is 43.7. The zero-order chi connectivity index (χ0) is 21.7. The second-order valence-electron chi connectivity index (χ2n) is 6.98. The third kappa shape index (κ3) is 5.45. The molecule has 1 atom stereocenters. The number of aromatic amines is 1. The first-order valence-corrected chi connectivity index (χ1v) is 10.4. The normalized spacial score (nSPS) is 11.7. The molecule has 0 aliphatic carbocycles. The summed E-state index contributed by atoms with van der Waals surface area (Å²) in [5.74, 6) is -0.248. The SMILES string of the molecule is CC(=O)c1ccc(NC(=O)C(C)Sc2nc(C)c(Cc3ccccc3)c(=O)[nH]2)cc1. The molecule has 6 nitrogen and oxygen atoms in total. The van der Waals surface area contributed by atoms with E-state index < -0.39 is 5.25 Å². The van der Waals surface area contributed by atoms with Gasteiger partial charge in [-0.25, -0.2) is 4.98 Å². The first-order chi connectivity index (χ1) is 14.3. The maximum Gasteiger partial charge on any atom is 0.255 e. The number of carbonyl (C=O) groups excluding carboxylic acids is 2. The van der Waals surface area contributed by atoms with Crippen LogP contribution in [0.1, 0.15) is 41.0 Å². The number of aromatic nitrogens is 2. The van der Waals surface area contributed by atoms with E-state index in [1.165, 1.54) is 18.7 Å². The predicted molar refractivity (Wildman–Crippen MR) is 119 cm³/mol. The van der Waals surface area contributed by atoms with E-state index >= 15 is 0 Å². The van der Waals surface area contributed by atoms with Crippen molar-refractivity contribution in [2.45, 2.75) is 37.6 Å². The van der Waals surface area contributed by atoms with Crippen LogP contribution in [0.25, 0.3) is 0 Å². The highest BCUT2D eigenvalue weighted by Gasteiger charge is 2.18. The van der Waals surface area contributed by atoms with Crippen molar-refractivity contribution in [1.82, 2.24) is 9.97 Å². The van der Waals surface area contributed by atoms with Gasteiger partial charge in [0.1, 0.15) is 0 Å². The van der Waals surface area contributed by atoms with Crippen LogP contribution in [0.5, 0.6) is 0 Å². The van der Waals surface area contributed by atoms with Crippen molar-refractivity contribution < 1.29 is 9.59 Å². The van der Waals surface area contributed by atoms with E-state index in [9.17, 15) is 14.4 Å². The van der Waals surface area contributed by atoms with Gasteiger partial charge in [-0.15, -0.1) is 0 Å². The molecule has 1 heterocycles. The number of nitrogens with zero attached hydrogens (tertiary/aromatic N) is 1. The first-order valence-electron chi connectivity index (χ1n) is 9.55. The maximum atomic E-state index is 12.6. The largest absolute Gasteiger partial charge is 0.325 e. The molecule has 154 valence electrons. The summed E-state index contributed by atoms with van der Waals surface area (Å²) < 4.78 is 0. The monoisotopic (exact) mass is 421 g/mol. The Morgan fingerprint density at radius 3 is 2.37 bits per heavy atom. The highest BCUT2D eigenvalue weighted by Crippen LogP contribution is 2.21. The molecule has 2 N–H and O–H groups in total. The molecule has 1 aromatic heterocycles. The number of aryl methyl sites for hydroxylation is 1. The van der Waals surface area contributed by atoms with Crippen molar-refractivity contribution in [3.63, 3.8) is 0 Å². The fraction of sp³-hybridized carbons (Fsp3) is 0.217. The molecule has 3 rings (SSSR count). The third-order valence-electron chi connectivity index (χ3n) is 4.64. The van der Waals surface area contributed by atoms with Crippen LogP contribution in [-0.2, 0) is 11.2 Å². The van der Waals surface area contributed by atoms with Crippen LogP contribution < -0.4 is 10.9 Å². The lowest BCUT2D eigenvalue weighted by molar-refractivity contribution is -0.115. The number of carbonyl (C=O) groups is 2. The lowest BCUT2D eigenvalue weighted by Gasteiger charge is -2.13. The molecular formula is C23H23N3O3S. The van der Waals surface area contributed by atoms with Gasteiger partial charge >= 0.3 is 0 Å². The number of rotatable bonds is 7. The molecule has 1 unspecified atom stereocenters. The summed E-state index contributed by atoms with van der Waals surface area (Å²) in [6.07, 6.45) is 0.506. The number of hydrogen-bond acceptors (Lipinski definition) is 5. The van der Waals surface area contributed by atoms with Gasteiger partial charge in [-0.05, 0) is 50.6 Å². The van der Waals surface area contributed by atoms with E-state index in [0.29, 0.717) is 34.1 Å². The highest BCUT2D eigenvalue weighted by atomic mass is 32.2. The van der Waals surface area contributed by atoms with Crippen LogP contribution in [0.4, 0.5) is 5.69 Å². The van der Waals surface area contributed by atoms with Gasteiger partial charge in [-0.1, -0.05) is 42.1 Å². The molecule has 3 aromatic rings. The summed E-state index contributed by atoms with van der Waals surface area (Å²) >= 11 is 1.19. The van der Waals surface area contributed by atoms with Crippen LogP contribution in [0.3, 0.4) is 0 Å². The zero-order valence-corrected chi connectivity index (χ0v) is 17.9. The molecule has 2 aromatic carbocycles. The number of nitrogens with one attached hydrogen (secondary N) is 2. The van der Waals surface area contributed by atoms with Gasteiger partial charge in [0.05, 0.1) is 5.25 Å². The summed E-state index contributed by atoms with van der Waals surface area (Å²) in [6, 6.07) is 16.5. The Hall–Kier alpha value is -3.19. The van der Waals surface area contributed by atoms with Crippen molar-refractivity contribution in [2.75, 3.05) is 5.32 Å². The predicted octanol–water partition coefficient (Wildman–Crippen LogP) is 3.99. The van der Waals surface area contributed by atoms with Crippen LogP contribution in [0.2, 0.25) is 0 Å². The molecule has 0 bridgehead atoms. The van der Waals surface area contributed by atoms with Gasteiger partial charge in [0.2, 0.25) is 5.91 Å². The minimum Gasteiger partial charge on any atom is -0.325 e. The Kier molecular flexibility index (Phi) is 6.84. The molecule has 0 radical (unpaired) electrons. The van der Waals surface area contributed by atoms with E-state index in [0.717, 1.165) is 5.56 Å². The van der Waals surface area contributed by atoms with E-state index in [1.54, 1.807) is 38.1 Å². The fourth-order valence-corrected chi connectivity index (χ4v) is 3.74. The van der Waals surface area contributed by atoms with Crippen LogP contribution >= 0.6 is 11.8 Å². The lowest BCUT2D eigenvalue weighted by Crippen LogP contribution is -2.24. The van der Waals surface area contributed by atoms with Crippen LogP contribution in [-0.4, -0.2) is 26.9 Å². The molecule has 30 heavy (non-hydrogen) atoms. The Bertz CT molecular complexity index is 1110. The number of ketones is 1. The van der Waals surface area contributed by atoms with Crippen molar-refractivity contribution in [3.8, 4) is 0 Å². The van der Waals surface area contributed by atoms with Gasteiger partial charge in [-0.2, -0.15) is 0 Å². The standard InChI is InChI=1S/C23H23N3O3S/c1-14-20(13-17-7-5-4-6-8-17)22(29)26-23(24-14)30-16(3)21(28)25-19-11-9-18(10-12-19)15(2)27/h4-12,16H,13H2,1-3H3,(H,25,28)(H,24,26,29). The average Bonchev–Trinajstić information content (AvgIpc) is 2.72. The molecule has 0 aliphatic heterocycles. The fourth-order valence-electron chi connectivity index (χ4n) is 2.90. The molecule has 0 spiro atoms. The number of thioether (sulfide) groups is 1. The van der Waals surface area contributed by atoms with Crippen molar-refractivity contribution in [1.29, 1.82) is 0 Å². The Morgan fingerprint density at radius 1 is 1.10 bits per heavy atom. The van der Waals surface area contributed by atoms with Gasteiger partial charge in [0.25, 0.3) is 5.56 Å². The Balaban J connectivity index is 1.67. The number of benzene rings is 2. The van der Waals surface area contributed by atoms with Gasteiger partial charge in [0, 0.05) is 28.9 Å². The summed E-state index contributed by atoms with van der Waals surface area (Å²) in [5, 5.41) is 2.74. The van der Waals surface area contributed by atoms with Gasteiger partial charge < -0.3 is 10.3 Å². The second kappa shape index (κ2) is 9.54. The second-order valence-corrected chi connectivity index (χ2v) is 8.31. The molecule has 7 heteroatoms. The number of Topliss-reactive ketones (excluding diaryl/α,β-unsaturated/α-hetero) is 1. The van der Waals surface area contributed by atoms with E-state index in [-0.39, 0.29) is 17.2 Å². The summed E-state index contributed by atoms with van der Waals surface area (Å²) in [6.45, 7) is 5.04. The molecular weight excluding hydrogens is 398 g/mol. The van der Waals surface area contributed by atoms with Gasteiger partial charge in [-0.3, -0.25) is 14.4 Å². The number of hydrogen-bond donors (Lipinski definition) is 2. The minimum atomic E-state index is -0.472. The molecule has 0 fully saturated rings. The smallest absolute Gasteiger partial charge is 0.255 e. The third-order valence-corrected chi connectivity index (χ3v) is 5.63. The topological polar surface area (TPSA) is 91.9 Å². The zero-order valence-electron chi connectivity index (χ0n) is 17.1. The average molecular weight is 422 g/mol. The van der Waals surface area contributed by atoms with Crippen molar-refractivity contribution in [2.24, 2.45) is 0 Å². The first kappa shape index (κ1) is 21.5. The van der Waals surface area contributed by atoms with E-state index in [2.05, 4.69) is 15.3 Å². The van der Waals surface area contributed by atoms with E-state index in [4.69, 9.17) is 0 Å². The van der Waals surface area contributed by atoms with Crippen molar-refractivity contribution >= 4 is 29.1 Å². The number of anilines is 1. The number of amides is 1. The number of H-pyrrole nitrogens is 1. The van der Waals surface area contributed by atoms with Crippen LogP contribution in [0.15, 0.2) is 64.5 Å².